The van der Waals surface area contributed by atoms with E-state index in [1.54, 1.807) is 23.6 Å². The lowest BCUT2D eigenvalue weighted by molar-refractivity contribution is 0.102. The molecule has 162 valence electrons. The number of anilines is 3. The van der Waals surface area contributed by atoms with E-state index in [0.29, 0.717) is 12.2 Å². The van der Waals surface area contributed by atoms with Gasteiger partial charge in [-0.05, 0) is 32.0 Å². The first kappa shape index (κ1) is 20.8. The van der Waals surface area contributed by atoms with Crippen LogP contribution in [0.4, 0.5) is 21.5 Å². The topological polar surface area (TPSA) is 105 Å². The van der Waals surface area contributed by atoms with Gasteiger partial charge in [-0.25, -0.2) is 9.37 Å². The fourth-order valence-electron chi connectivity index (χ4n) is 3.54. The molecule has 31 heavy (non-hydrogen) atoms. The van der Waals surface area contributed by atoms with Crippen molar-refractivity contribution in [2.75, 3.05) is 28.0 Å². The van der Waals surface area contributed by atoms with Gasteiger partial charge in [0.1, 0.15) is 17.0 Å². The number of aryl methyl sites for hydroxylation is 2. The number of aromatic nitrogens is 2. The fraction of sp³-hybridized carbons (Fsp3) is 0.250. The molecule has 9 nitrogen and oxygen atoms in total. The first-order valence-electron chi connectivity index (χ1n) is 9.44. The summed E-state index contributed by atoms with van der Waals surface area (Å²) >= 11 is 0. The molecule has 0 fully saturated rings. The van der Waals surface area contributed by atoms with E-state index in [2.05, 4.69) is 10.3 Å². The van der Waals surface area contributed by atoms with Crippen molar-refractivity contribution in [3.05, 3.63) is 57.8 Å². The number of carbonyl (C=O) groups excluding carboxylic acids is 1. The van der Waals surface area contributed by atoms with Crippen LogP contribution >= 0.6 is 0 Å². The summed E-state index contributed by atoms with van der Waals surface area (Å²) in [6.45, 7) is 4.12. The second-order valence-electron chi connectivity index (χ2n) is 7.20. The third-order valence-electron chi connectivity index (χ3n) is 5.33. The van der Waals surface area contributed by atoms with Gasteiger partial charge in [0, 0.05) is 38.6 Å². The smallest absolute Gasteiger partial charge is 0.326 e. The largest absolute Gasteiger partial charge is 0.332 e. The number of hydrogen-bond acceptors (Lipinski definition) is 5. The van der Waals surface area contributed by atoms with E-state index >= 15 is 0 Å². The number of nitrogens with one attached hydrogen (secondary N) is 1. The van der Waals surface area contributed by atoms with Crippen LogP contribution in [-0.4, -0.2) is 38.0 Å². The Kier molecular flexibility index (Phi) is 4.73. The molecular formula is C20H20FN5O4S. The first-order chi connectivity index (χ1) is 14.6. The maximum Gasteiger partial charge on any atom is 0.326 e. The molecule has 1 N–H and O–H groups in total. The van der Waals surface area contributed by atoms with Crippen LogP contribution < -0.4 is 19.4 Å². The Morgan fingerprint density at radius 2 is 1.81 bits per heavy atom. The summed E-state index contributed by atoms with van der Waals surface area (Å²) in [7, 11) is -1.15. The molecule has 1 aliphatic rings. The van der Waals surface area contributed by atoms with Gasteiger partial charge in [0.15, 0.2) is 0 Å². The average molecular weight is 445 g/mol. The van der Waals surface area contributed by atoms with Gasteiger partial charge in [-0.3, -0.25) is 18.2 Å². The minimum atomic E-state index is -3.79. The molecule has 0 saturated carbocycles. The van der Waals surface area contributed by atoms with Crippen molar-refractivity contribution in [2.24, 2.45) is 0 Å². The van der Waals surface area contributed by atoms with Crippen molar-refractivity contribution in [3.8, 4) is 0 Å². The highest BCUT2D eigenvalue weighted by molar-refractivity contribution is 7.94. The summed E-state index contributed by atoms with van der Waals surface area (Å²) in [4.78, 5) is 30.2. The van der Waals surface area contributed by atoms with Crippen LogP contribution in [0.3, 0.4) is 0 Å². The van der Waals surface area contributed by atoms with Gasteiger partial charge in [-0.2, -0.15) is 8.42 Å². The van der Waals surface area contributed by atoms with Crippen LogP contribution in [0.25, 0.3) is 11.0 Å². The summed E-state index contributed by atoms with van der Waals surface area (Å²) in [5, 5.41) is 2.68. The molecule has 3 heterocycles. The molecule has 11 heteroatoms. The zero-order chi connectivity index (χ0) is 22.7. The van der Waals surface area contributed by atoms with Gasteiger partial charge in [0.25, 0.3) is 5.91 Å². The number of halogens is 1. The number of pyridine rings is 2. The summed E-state index contributed by atoms with van der Waals surface area (Å²) in [6.07, 6.45) is 1.39. The highest BCUT2D eigenvalue weighted by Gasteiger charge is 2.36. The first-order valence-corrected chi connectivity index (χ1v) is 10.8. The van der Waals surface area contributed by atoms with Crippen molar-refractivity contribution in [2.45, 2.75) is 20.4 Å². The molecule has 0 aliphatic carbocycles. The second-order valence-corrected chi connectivity index (χ2v) is 9.19. The van der Waals surface area contributed by atoms with Crippen LogP contribution in [0.2, 0.25) is 0 Å². The Labute approximate surface area is 177 Å². The van der Waals surface area contributed by atoms with Gasteiger partial charge < -0.3 is 9.88 Å². The summed E-state index contributed by atoms with van der Waals surface area (Å²) < 4.78 is 42.8. The normalized spacial score (nSPS) is 14.7. The predicted octanol–water partition coefficient (Wildman–Crippen LogP) is 2.25. The summed E-state index contributed by atoms with van der Waals surface area (Å²) in [6, 6.07) is 5.55. The second kappa shape index (κ2) is 7.05. The maximum absolute atomic E-state index is 14.7. The minimum absolute atomic E-state index is 0.151. The quantitative estimate of drug-likeness (QED) is 0.666. The Hall–Kier alpha value is -3.47. The Balaban J connectivity index is 1.78. The third kappa shape index (κ3) is 3.12. The van der Waals surface area contributed by atoms with Gasteiger partial charge in [-0.1, -0.05) is 0 Å². The number of fused-ring (bicyclic) bond motifs is 2. The van der Waals surface area contributed by atoms with Gasteiger partial charge >= 0.3 is 10.2 Å². The highest BCUT2D eigenvalue weighted by atomic mass is 32.2. The van der Waals surface area contributed by atoms with Crippen molar-refractivity contribution in [1.29, 1.82) is 0 Å². The van der Waals surface area contributed by atoms with Crippen LogP contribution in [0.1, 0.15) is 23.0 Å². The molecule has 4 rings (SSSR count). The molecule has 0 unspecified atom stereocenters. The van der Waals surface area contributed by atoms with Crippen LogP contribution in [0, 0.1) is 12.7 Å². The molecular weight excluding hydrogens is 425 g/mol. The molecule has 0 saturated heterocycles. The molecule has 0 spiro atoms. The lowest BCUT2D eigenvalue weighted by Gasteiger charge is -2.13. The minimum Gasteiger partial charge on any atom is -0.332 e. The SMILES string of the molecule is CCn1cc(C(=O)Nc2cc3c(cc2F)N(C)S(=O)(=O)N3C)c(=O)c2ccc(C)nc21. The van der Waals surface area contributed by atoms with Crippen LogP contribution in [0.15, 0.2) is 35.3 Å². The summed E-state index contributed by atoms with van der Waals surface area (Å²) in [5.41, 5.74) is 0.634. The van der Waals surface area contributed by atoms with Gasteiger partial charge in [0.2, 0.25) is 5.43 Å². The third-order valence-corrected chi connectivity index (χ3v) is 7.11. The molecule has 3 aromatic rings. The van der Waals surface area contributed by atoms with Crippen molar-refractivity contribution < 1.29 is 17.6 Å². The van der Waals surface area contributed by atoms with Crippen LogP contribution in [0.5, 0.6) is 0 Å². The van der Waals surface area contributed by atoms with E-state index < -0.39 is 27.4 Å². The lowest BCUT2D eigenvalue weighted by Crippen LogP contribution is -2.32. The van der Waals surface area contributed by atoms with Crippen molar-refractivity contribution in [3.63, 3.8) is 0 Å². The van der Waals surface area contributed by atoms with E-state index in [-0.39, 0.29) is 28.0 Å². The van der Waals surface area contributed by atoms with E-state index in [1.807, 2.05) is 6.92 Å². The van der Waals surface area contributed by atoms with E-state index in [0.717, 1.165) is 20.4 Å². The number of amides is 1. The van der Waals surface area contributed by atoms with E-state index in [4.69, 9.17) is 0 Å². The number of rotatable bonds is 3. The molecule has 0 radical (unpaired) electrons. The number of hydrogen-bond donors (Lipinski definition) is 1. The molecule has 0 bridgehead atoms. The zero-order valence-corrected chi connectivity index (χ0v) is 18.1. The number of nitrogens with zero attached hydrogens (tertiary/aromatic N) is 4. The van der Waals surface area contributed by atoms with Crippen molar-refractivity contribution in [1.82, 2.24) is 9.55 Å². The monoisotopic (exact) mass is 445 g/mol. The average Bonchev–Trinajstić information content (AvgIpc) is 2.88. The van der Waals surface area contributed by atoms with Crippen LogP contribution in [-0.2, 0) is 16.8 Å². The van der Waals surface area contributed by atoms with E-state index in [1.165, 1.54) is 26.4 Å². The molecule has 2 aromatic heterocycles. The van der Waals surface area contributed by atoms with Gasteiger partial charge in [-0.15, -0.1) is 0 Å². The fourth-order valence-corrected chi connectivity index (χ4v) is 4.69. The molecule has 1 aromatic carbocycles. The Morgan fingerprint density at radius 1 is 1.16 bits per heavy atom. The maximum atomic E-state index is 14.7. The Morgan fingerprint density at radius 3 is 2.45 bits per heavy atom. The summed E-state index contributed by atoms with van der Waals surface area (Å²) in [5.74, 6) is -1.62. The molecule has 1 aliphatic heterocycles. The highest BCUT2D eigenvalue weighted by Crippen LogP contribution is 2.41. The Bertz CT molecular complexity index is 1420. The number of carbonyl (C=O) groups is 1. The van der Waals surface area contributed by atoms with E-state index in [9.17, 15) is 22.4 Å². The lowest BCUT2D eigenvalue weighted by atomic mass is 10.1. The zero-order valence-electron chi connectivity index (χ0n) is 17.3. The predicted molar refractivity (Wildman–Crippen MR) is 116 cm³/mol. The number of benzene rings is 1. The molecule has 1 amide bonds. The molecule has 0 atom stereocenters. The standard InChI is InChI=1S/C20H20FN5O4S/c1-5-26-10-13(18(27)12-7-6-11(2)22-19(12)26)20(28)23-15-9-17-16(8-14(15)21)24(3)31(29,30)25(17)4/h6-10H,5H2,1-4H3,(H,23,28). The van der Waals surface area contributed by atoms with Crippen molar-refractivity contribution >= 4 is 44.2 Å². The van der Waals surface area contributed by atoms with Gasteiger partial charge in [0.05, 0.1) is 22.4 Å².